The Hall–Kier alpha value is -2.59. The predicted octanol–water partition coefficient (Wildman–Crippen LogP) is 6.06. The van der Waals surface area contributed by atoms with Crippen molar-refractivity contribution in [3.63, 3.8) is 0 Å². The molecule has 1 aromatic heterocycles. The Morgan fingerprint density at radius 1 is 1.03 bits per heavy atom. The van der Waals surface area contributed by atoms with Crippen LogP contribution in [0.25, 0.3) is 22.2 Å². The molecule has 1 N–H and O–H groups in total. The second-order valence-electron chi connectivity index (χ2n) is 9.81. The third-order valence-corrected chi connectivity index (χ3v) is 8.09. The van der Waals surface area contributed by atoms with E-state index in [1.54, 1.807) is 6.07 Å². The Labute approximate surface area is 183 Å². The van der Waals surface area contributed by atoms with E-state index in [9.17, 15) is 9.90 Å². The van der Waals surface area contributed by atoms with Crippen molar-refractivity contribution < 1.29 is 9.90 Å². The SMILES string of the molecule is CN1CC[C@H]2Cn3c(c(C4CCCCC4)c4ccc(C(=O)O)cc43)-c3ccccc3[C@H]21. The fourth-order valence-electron chi connectivity index (χ4n) is 6.71. The molecule has 31 heavy (non-hydrogen) atoms. The fraction of sp³-hybridized carbons (Fsp3) is 0.444. The molecule has 1 saturated heterocycles. The van der Waals surface area contributed by atoms with E-state index in [1.165, 1.54) is 66.3 Å². The Morgan fingerprint density at radius 2 is 1.84 bits per heavy atom. The van der Waals surface area contributed by atoms with E-state index >= 15 is 0 Å². The number of hydrogen-bond acceptors (Lipinski definition) is 2. The van der Waals surface area contributed by atoms with Crippen LogP contribution in [0.15, 0.2) is 42.5 Å². The van der Waals surface area contributed by atoms with Crippen LogP contribution in [0.2, 0.25) is 0 Å². The molecule has 2 aliphatic heterocycles. The van der Waals surface area contributed by atoms with E-state index in [2.05, 4.69) is 46.8 Å². The smallest absolute Gasteiger partial charge is 0.335 e. The van der Waals surface area contributed by atoms with Gasteiger partial charge in [0.2, 0.25) is 0 Å². The lowest BCUT2D eigenvalue weighted by atomic mass is 9.81. The van der Waals surface area contributed by atoms with Crippen molar-refractivity contribution in [2.75, 3.05) is 13.6 Å². The number of rotatable bonds is 2. The van der Waals surface area contributed by atoms with Crippen LogP contribution in [-0.2, 0) is 6.54 Å². The molecular weight excluding hydrogens is 384 g/mol. The summed E-state index contributed by atoms with van der Waals surface area (Å²) < 4.78 is 2.49. The second-order valence-corrected chi connectivity index (χ2v) is 9.81. The first-order valence-corrected chi connectivity index (χ1v) is 11.8. The maximum atomic E-state index is 11.8. The minimum atomic E-state index is -0.843. The molecule has 0 spiro atoms. The number of nitrogens with zero attached hydrogens (tertiary/aromatic N) is 2. The van der Waals surface area contributed by atoms with Gasteiger partial charge in [-0.15, -0.1) is 0 Å². The van der Waals surface area contributed by atoms with Gasteiger partial charge in [0.25, 0.3) is 0 Å². The molecule has 3 heterocycles. The lowest BCUT2D eigenvalue weighted by molar-refractivity contribution is 0.0697. The lowest BCUT2D eigenvalue weighted by Crippen LogP contribution is -2.22. The van der Waals surface area contributed by atoms with E-state index in [0.29, 0.717) is 23.4 Å². The predicted molar refractivity (Wildman–Crippen MR) is 124 cm³/mol. The van der Waals surface area contributed by atoms with Gasteiger partial charge in [-0.25, -0.2) is 4.79 Å². The van der Waals surface area contributed by atoms with E-state index in [0.717, 1.165) is 18.6 Å². The van der Waals surface area contributed by atoms with Crippen molar-refractivity contribution in [1.82, 2.24) is 9.47 Å². The van der Waals surface area contributed by atoms with Gasteiger partial charge in [0, 0.05) is 29.1 Å². The number of aromatic carboxylic acids is 1. The zero-order valence-corrected chi connectivity index (χ0v) is 18.2. The highest BCUT2D eigenvalue weighted by Gasteiger charge is 2.39. The number of carboxylic acid groups (broad SMARTS) is 1. The summed E-state index contributed by atoms with van der Waals surface area (Å²) in [5.41, 5.74) is 7.15. The Bertz CT molecular complexity index is 1170. The van der Waals surface area contributed by atoms with Gasteiger partial charge in [-0.1, -0.05) is 49.6 Å². The minimum absolute atomic E-state index is 0.389. The van der Waals surface area contributed by atoms with Crippen LogP contribution in [0, 0.1) is 5.92 Å². The third kappa shape index (κ3) is 2.88. The number of carboxylic acids is 1. The van der Waals surface area contributed by atoms with E-state index in [4.69, 9.17) is 0 Å². The quantitative estimate of drug-likeness (QED) is 0.554. The molecule has 4 nitrogen and oxygen atoms in total. The molecule has 2 atom stereocenters. The second kappa shape index (κ2) is 7.23. The molecule has 0 bridgehead atoms. The van der Waals surface area contributed by atoms with E-state index < -0.39 is 5.97 Å². The molecule has 0 unspecified atom stereocenters. The summed E-state index contributed by atoms with van der Waals surface area (Å²) in [6, 6.07) is 15.2. The summed E-state index contributed by atoms with van der Waals surface area (Å²) in [4.78, 5) is 14.3. The first-order valence-electron chi connectivity index (χ1n) is 11.8. The average Bonchev–Trinajstić information content (AvgIpc) is 3.27. The molecule has 1 saturated carbocycles. The van der Waals surface area contributed by atoms with Crippen molar-refractivity contribution in [1.29, 1.82) is 0 Å². The van der Waals surface area contributed by atoms with Crippen molar-refractivity contribution >= 4 is 16.9 Å². The maximum Gasteiger partial charge on any atom is 0.335 e. The molecule has 2 aromatic carbocycles. The summed E-state index contributed by atoms with van der Waals surface area (Å²) in [5.74, 6) is 0.270. The first-order chi connectivity index (χ1) is 15.1. The average molecular weight is 415 g/mol. The summed E-state index contributed by atoms with van der Waals surface area (Å²) in [5, 5.41) is 11.0. The molecule has 160 valence electrons. The van der Waals surface area contributed by atoms with Gasteiger partial charge >= 0.3 is 5.97 Å². The topological polar surface area (TPSA) is 45.5 Å². The number of likely N-dealkylation sites (tertiary alicyclic amines) is 1. The number of benzene rings is 2. The molecule has 4 heteroatoms. The van der Waals surface area contributed by atoms with E-state index in [1.807, 2.05) is 6.07 Å². The van der Waals surface area contributed by atoms with Crippen molar-refractivity contribution in [3.05, 3.63) is 59.2 Å². The summed E-state index contributed by atoms with van der Waals surface area (Å²) in [6.07, 6.45) is 7.58. The number of hydrogen-bond donors (Lipinski definition) is 1. The minimum Gasteiger partial charge on any atom is -0.478 e. The first kappa shape index (κ1) is 19.1. The molecule has 6 rings (SSSR count). The van der Waals surface area contributed by atoms with Gasteiger partial charge in [-0.3, -0.25) is 4.90 Å². The van der Waals surface area contributed by atoms with Crippen LogP contribution < -0.4 is 0 Å². The Kier molecular flexibility index (Phi) is 4.46. The van der Waals surface area contributed by atoms with Gasteiger partial charge in [0.05, 0.1) is 11.3 Å². The highest BCUT2D eigenvalue weighted by Crippen LogP contribution is 2.50. The largest absolute Gasteiger partial charge is 0.478 e. The summed E-state index contributed by atoms with van der Waals surface area (Å²) >= 11 is 0. The number of fused-ring (bicyclic) bond motifs is 7. The fourth-order valence-corrected chi connectivity index (χ4v) is 6.71. The van der Waals surface area contributed by atoms with Crippen LogP contribution in [0.5, 0.6) is 0 Å². The highest BCUT2D eigenvalue weighted by molar-refractivity contribution is 5.98. The molecule has 2 fully saturated rings. The Morgan fingerprint density at radius 3 is 2.65 bits per heavy atom. The van der Waals surface area contributed by atoms with Crippen molar-refractivity contribution in [3.8, 4) is 11.3 Å². The molecule has 3 aliphatic rings. The normalized spacial score (nSPS) is 23.9. The summed E-state index contributed by atoms with van der Waals surface area (Å²) in [7, 11) is 2.25. The lowest BCUT2D eigenvalue weighted by Gasteiger charge is -2.26. The van der Waals surface area contributed by atoms with Crippen molar-refractivity contribution in [2.24, 2.45) is 5.92 Å². The standard InChI is InChI=1S/C27H30N2O2/c1-28-14-13-19-16-29-23-15-18(27(30)31)11-12-22(23)24(17-7-3-2-4-8-17)26(29)21-10-6-5-9-20(21)25(19)28/h5-6,9-12,15,17,19,25H,2-4,7-8,13-14,16H2,1H3,(H,30,31)/t19-,25-/m0/s1. The Balaban J connectivity index is 1.68. The van der Waals surface area contributed by atoms with Crippen LogP contribution in [0.3, 0.4) is 0 Å². The molecule has 0 radical (unpaired) electrons. The van der Waals surface area contributed by atoms with Gasteiger partial charge < -0.3 is 9.67 Å². The zero-order chi connectivity index (χ0) is 21.1. The highest BCUT2D eigenvalue weighted by atomic mass is 16.4. The van der Waals surface area contributed by atoms with E-state index in [-0.39, 0.29) is 0 Å². The van der Waals surface area contributed by atoms with Crippen LogP contribution in [0.4, 0.5) is 0 Å². The van der Waals surface area contributed by atoms with Crippen LogP contribution in [-0.4, -0.2) is 34.1 Å². The third-order valence-electron chi connectivity index (χ3n) is 8.09. The van der Waals surface area contributed by atoms with Crippen LogP contribution in [0.1, 0.15) is 72.0 Å². The van der Waals surface area contributed by atoms with Gasteiger partial charge in [-0.2, -0.15) is 0 Å². The zero-order valence-electron chi connectivity index (χ0n) is 18.2. The molecular formula is C27H30N2O2. The number of carbonyl (C=O) groups is 1. The molecule has 0 amide bonds. The maximum absolute atomic E-state index is 11.8. The molecule has 1 aliphatic carbocycles. The van der Waals surface area contributed by atoms with Gasteiger partial charge in [-0.05, 0) is 68.0 Å². The van der Waals surface area contributed by atoms with Crippen LogP contribution >= 0.6 is 0 Å². The molecule has 3 aromatic rings. The van der Waals surface area contributed by atoms with Crippen molar-refractivity contribution in [2.45, 2.75) is 57.0 Å². The van der Waals surface area contributed by atoms with Gasteiger partial charge in [0.1, 0.15) is 0 Å². The van der Waals surface area contributed by atoms with Gasteiger partial charge in [0.15, 0.2) is 0 Å². The summed E-state index contributed by atoms with van der Waals surface area (Å²) in [6.45, 7) is 2.08. The monoisotopic (exact) mass is 414 g/mol. The number of aromatic nitrogens is 1.